The smallest absolute Gasteiger partial charge is 0.250 e. The maximum absolute atomic E-state index is 12.1. The number of amides is 1. The number of carbonyl (C=O) groups is 1. The van der Waals surface area contributed by atoms with Gasteiger partial charge in [-0.05, 0) is 47.2 Å². The lowest BCUT2D eigenvalue weighted by Crippen LogP contribution is -2.10. The van der Waals surface area contributed by atoms with E-state index in [0.717, 1.165) is 22.2 Å². The van der Waals surface area contributed by atoms with Gasteiger partial charge in [0.1, 0.15) is 0 Å². The van der Waals surface area contributed by atoms with Gasteiger partial charge >= 0.3 is 0 Å². The highest BCUT2D eigenvalue weighted by Crippen LogP contribution is 2.22. The SMILES string of the molecule is Cc1ccc2nc(NC(=O)/C=C/c3ccc(C(C)(C)C)cc3)[nH]c2c1. The van der Waals surface area contributed by atoms with E-state index in [1.807, 2.05) is 37.3 Å². The van der Waals surface area contributed by atoms with Crippen molar-refractivity contribution in [3.63, 3.8) is 0 Å². The summed E-state index contributed by atoms with van der Waals surface area (Å²) < 4.78 is 0. The lowest BCUT2D eigenvalue weighted by atomic mass is 9.87. The Balaban J connectivity index is 1.67. The summed E-state index contributed by atoms with van der Waals surface area (Å²) in [6.45, 7) is 8.56. The summed E-state index contributed by atoms with van der Waals surface area (Å²) in [7, 11) is 0. The number of anilines is 1. The molecule has 0 aliphatic rings. The molecular weight excluding hydrogens is 310 g/mol. The van der Waals surface area contributed by atoms with Gasteiger partial charge in [0.25, 0.3) is 5.91 Å². The lowest BCUT2D eigenvalue weighted by molar-refractivity contribution is -0.111. The number of fused-ring (bicyclic) bond motifs is 1. The molecule has 4 nitrogen and oxygen atoms in total. The van der Waals surface area contributed by atoms with Gasteiger partial charge in [-0.2, -0.15) is 0 Å². The molecule has 1 heterocycles. The van der Waals surface area contributed by atoms with E-state index in [-0.39, 0.29) is 11.3 Å². The number of H-pyrrole nitrogens is 1. The van der Waals surface area contributed by atoms with Gasteiger partial charge in [-0.25, -0.2) is 4.98 Å². The molecule has 128 valence electrons. The minimum atomic E-state index is -0.212. The molecule has 0 spiro atoms. The van der Waals surface area contributed by atoms with Crippen LogP contribution in [0.15, 0.2) is 48.5 Å². The van der Waals surface area contributed by atoms with Gasteiger partial charge in [-0.1, -0.05) is 51.1 Å². The van der Waals surface area contributed by atoms with Gasteiger partial charge in [-0.3, -0.25) is 10.1 Å². The lowest BCUT2D eigenvalue weighted by Gasteiger charge is -2.18. The number of imidazole rings is 1. The quantitative estimate of drug-likeness (QED) is 0.675. The van der Waals surface area contributed by atoms with Gasteiger partial charge in [0.05, 0.1) is 11.0 Å². The summed E-state index contributed by atoms with van der Waals surface area (Å²) >= 11 is 0. The van der Waals surface area contributed by atoms with Crippen molar-refractivity contribution in [3.05, 3.63) is 65.2 Å². The molecule has 3 rings (SSSR count). The molecule has 0 unspecified atom stereocenters. The van der Waals surface area contributed by atoms with Gasteiger partial charge in [0.15, 0.2) is 0 Å². The Bertz CT molecular complexity index is 928. The predicted molar refractivity (Wildman–Crippen MR) is 104 cm³/mol. The summed E-state index contributed by atoms with van der Waals surface area (Å²) in [4.78, 5) is 19.6. The van der Waals surface area contributed by atoms with Gasteiger partial charge in [0.2, 0.25) is 5.95 Å². The van der Waals surface area contributed by atoms with E-state index in [0.29, 0.717) is 5.95 Å². The maximum atomic E-state index is 12.1. The Hall–Kier alpha value is -2.88. The van der Waals surface area contributed by atoms with Crippen LogP contribution in [-0.2, 0) is 10.2 Å². The largest absolute Gasteiger partial charge is 0.324 e. The summed E-state index contributed by atoms with van der Waals surface area (Å²) in [6.07, 6.45) is 3.32. The second-order valence-corrected chi connectivity index (χ2v) is 7.30. The zero-order chi connectivity index (χ0) is 18.0. The van der Waals surface area contributed by atoms with Crippen LogP contribution in [0.3, 0.4) is 0 Å². The van der Waals surface area contributed by atoms with E-state index in [2.05, 4.69) is 48.2 Å². The highest BCUT2D eigenvalue weighted by Gasteiger charge is 2.12. The minimum Gasteiger partial charge on any atom is -0.324 e. The molecule has 0 saturated heterocycles. The fourth-order valence-electron chi connectivity index (χ4n) is 2.61. The molecule has 0 radical (unpaired) electrons. The van der Waals surface area contributed by atoms with E-state index in [1.165, 1.54) is 11.6 Å². The molecule has 1 amide bonds. The van der Waals surface area contributed by atoms with Crippen LogP contribution < -0.4 is 5.32 Å². The second-order valence-electron chi connectivity index (χ2n) is 7.30. The van der Waals surface area contributed by atoms with Crippen molar-refractivity contribution in [1.82, 2.24) is 9.97 Å². The van der Waals surface area contributed by atoms with E-state index in [1.54, 1.807) is 6.08 Å². The van der Waals surface area contributed by atoms with Crippen molar-refractivity contribution >= 4 is 29.0 Å². The number of hydrogen-bond donors (Lipinski definition) is 2. The normalized spacial score (nSPS) is 12.0. The molecule has 1 aromatic heterocycles. The molecule has 25 heavy (non-hydrogen) atoms. The molecule has 0 fully saturated rings. The number of nitrogens with one attached hydrogen (secondary N) is 2. The standard InChI is InChI=1S/C21H23N3O/c1-14-5-11-17-18(13-14)23-20(22-17)24-19(25)12-8-15-6-9-16(10-7-15)21(2,3)4/h5-13H,1-4H3,(H2,22,23,24,25)/b12-8+. The summed E-state index contributed by atoms with van der Waals surface area (Å²) in [5, 5.41) is 2.76. The summed E-state index contributed by atoms with van der Waals surface area (Å²) in [5.74, 6) is 0.244. The van der Waals surface area contributed by atoms with Crippen LogP contribution in [0.25, 0.3) is 17.1 Å². The zero-order valence-corrected chi connectivity index (χ0v) is 15.1. The average molecular weight is 333 g/mol. The fraction of sp³-hybridized carbons (Fsp3) is 0.238. The van der Waals surface area contributed by atoms with Gasteiger partial charge in [-0.15, -0.1) is 0 Å². The Morgan fingerprint density at radius 1 is 1.12 bits per heavy atom. The number of carbonyl (C=O) groups excluding carboxylic acids is 1. The van der Waals surface area contributed by atoms with Crippen LogP contribution in [0, 0.1) is 6.92 Å². The molecular formula is C21H23N3O. The number of aromatic amines is 1. The third-order valence-electron chi connectivity index (χ3n) is 4.08. The molecule has 0 saturated carbocycles. The topological polar surface area (TPSA) is 57.8 Å². The summed E-state index contributed by atoms with van der Waals surface area (Å²) in [6, 6.07) is 14.2. The zero-order valence-electron chi connectivity index (χ0n) is 15.1. The second kappa shape index (κ2) is 6.55. The number of aromatic nitrogens is 2. The summed E-state index contributed by atoms with van der Waals surface area (Å²) in [5.41, 5.74) is 5.28. The molecule has 4 heteroatoms. The fourth-order valence-corrected chi connectivity index (χ4v) is 2.61. The highest BCUT2D eigenvalue weighted by atomic mass is 16.1. The first kappa shape index (κ1) is 17.0. The van der Waals surface area contributed by atoms with Gasteiger partial charge < -0.3 is 4.98 Å². The van der Waals surface area contributed by atoms with Crippen molar-refractivity contribution in [3.8, 4) is 0 Å². The monoisotopic (exact) mass is 333 g/mol. The van der Waals surface area contributed by atoms with Crippen LogP contribution in [0.1, 0.15) is 37.5 Å². The number of rotatable bonds is 3. The first-order valence-corrected chi connectivity index (χ1v) is 8.37. The number of benzene rings is 2. The van der Waals surface area contributed by atoms with Crippen LogP contribution in [0.4, 0.5) is 5.95 Å². The maximum Gasteiger partial charge on any atom is 0.250 e. The third-order valence-corrected chi connectivity index (χ3v) is 4.08. The molecule has 0 bridgehead atoms. The van der Waals surface area contributed by atoms with Crippen LogP contribution in [0.5, 0.6) is 0 Å². The Kier molecular flexibility index (Phi) is 4.45. The van der Waals surface area contributed by atoms with E-state index in [4.69, 9.17) is 0 Å². The highest BCUT2D eigenvalue weighted by molar-refractivity contribution is 6.01. The van der Waals surface area contributed by atoms with Crippen molar-refractivity contribution in [2.24, 2.45) is 0 Å². The average Bonchev–Trinajstić information content (AvgIpc) is 2.93. The van der Waals surface area contributed by atoms with Crippen molar-refractivity contribution in [2.45, 2.75) is 33.1 Å². The van der Waals surface area contributed by atoms with E-state index in [9.17, 15) is 4.79 Å². The third kappa shape index (κ3) is 4.15. The Morgan fingerprint density at radius 3 is 2.52 bits per heavy atom. The molecule has 0 aliphatic heterocycles. The van der Waals surface area contributed by atoms with Crippen LogP contribution in [0.2, 0.25) is 0 Å². The number of nitrogens with zero attached hydrogens (tertiary/aromatic N) is 1. The van der Waals surface area contributed by atoms with Crippen molar-refractivity contribution < 1.29 is 4.79 Å². The van der Waals surface area contributed by atoms with Gasteiger partial charge in [0, 0.05) is 6.08 Å². The molecule has 2 N–H and O–H groups in total. The first-order chi connectivity index (χ1) is 11.8. The number of aryl methyl sites for hydroxylation is 1. The molecule has 0 atom stereocenters. The molecule has 3 aromatic rings. The van der Waals surface area contributed by atoms with E-state index < -0.39 is 0 Å². The van der Waals surface area contributed by atoms with E-state index >= 15 is 0 Å². The number of hydrogen-bond acceptors (Lipinski definition) is 2. The minimum absolute atomic E-state index is 0.124. The first-order valence-electron chi connectivity index (χ1n) is 8.37. The van der Waals surface area contributed by atoms with Crippen LogP contribution >= 0.6 is 0 Å². The van der Waals surface area contributed by atoms with Crippen LogP contribution in [-0.4, -0.2) is 15.9 Å². The molecule has 2 aromatic carbocycles. The predicted octanol–water partition coefficient (Wildman–Crippen LogP) is 4.82. The van der Waals surface area contributed by atoms with Crippen molar-refractivity contribution in [2.75, 3.05) is 5.32 Å². The Labute approximate surface area is 148 Å². The van der Waals surface area contributed by atoms with Crippen molar-refractivity contribution in [1.29, 1.82) is 0 Å². The Morgan fingerprint density at radius 2 is 1.84 bits per heavy atom. The molecule has 0 aliphatic carbocycles.